The van der Waals surface area contributed by atoms with Crippen LogP contribution in [0, 0.1) is 0 Å². The van der Waals surface area contributed by atoms with Gasteiger partial charge in [0.15, 0.2) is 0 Å². The van der Waals surface area contributed by atoms with Crippen LogP contribution in [-0.2, 0) is 4.79 Å². The molecule has 1 amide bonds. The number of hydrogen-bond acceptors (Lipinski definition) is 4. The number of carboxylic acid groups (broad SMARTS) is 1. The van der Waals surface area contributed by atoms with Crippen molar-refractivity contribution < 1.29 is 14.7 Å². The molecule has 0 aliphatic heterocycles. The number of benzene rings is 2. The van der Waals surface area contributed by atoms with Crippen molar-refractivity contribution in [2.45, 2.75) is 0 Å². The fourth-order valence-corrected chi connectivity index (χ4v) is 3.09. The van der Waals surface area contributed by atoms with Crippen LogP contribution in [0.3, 0.4) is 0 Å². The van der Waals surface area contributed by atoms with Gasteiger partial charge in [0.05, 0.1) is 11.4 Å². The first-order valence-electron chi connectivity index (χ1n) is 7.79. The molecule has 3 aromatic rings. The molecule has 26 heavy (non-hydrogen) atoms. The van der Waals surface area contributed by atoms with Gasteiger partial charge in [-0.3, -0.25) is 4.79 Å². The summed E-state index contributed by atoms with van der Waals surface area (Å²) in [4.78, 5) is 24.1. The second-order valence-corrected chi connectivity index (χ2v) is 6.47. The molecule has 130 valence electrons. The number of rotatable bonds is 5. The maximum atomic E-state index is 12.5. The molecular formula is C20H16N2O3S. The highest BCUT2D eigenvalue weighted by atomic mass is 32.1. The van der Waals surface area contributed by atoms with E-state index in [1.807, 2.05) is 29.6 Å². The second-order valence-electron chi connectivity index (χ2n) is 5.53. The van der Waals surface area contributed by atoms with Gasteiger partial charge < -0.3 is 16.2 Å². The standard InChI is InChI=1S/C20H16N2O3S/c21-16-9-8-15(18-2-1-11-26-18)12-17(16)22-20(25)14-6-3-13(4-7-14)5-10-19(23)24/h1-12H,21H2,(H,22,25)(H,23,24). The Morgan fingerprint density at radius 2 is 1.85 bits per heavy atom. The summed E-state index contributed by atoms with van der Waals surface area (Å²) >= 11 is 1.61. The summed E-state index contributed by atoms with van der Waals surface area (Å²) in [6.45, 7) is 0. The number of nitrogens with two attached hydrogens (primary N) is 1. The summed E-state index contributed by atoms with van der Waals surface area (Å²) < 4.78 is 0. The van der Waals surface area contributed by atoms with Gasteiger partial charge in [0.2, 0.25) is 0 Å². The molecule has 3 rings (SSSR count). The minimum Gasteiger partial charge on any atom is -0.478 e. The smallest absolute Gasteiger partial charge is 0.328 e. The number of amides is 1. The molecule has 0 saturated carbocycles. The van der Waals surface area contributed by atoms with Crippen molar-refractivity contribution in [3.8, 4) is 10.4 Å². The molecule has 0 aliphatic carbocycles. The number of carbonyl (C=O) groups is 2. The molecule has 0 saturated heterocycles. The van der Waals surface area contributed by atoms with E-state index in [-0.39, 0.29) is 5.91 Å². The summed E-state index contributed by atoms with van der Waals surface area (Å²) in [6, 6.07) is 16.1. The predicted molar refractivity (Wildman–Crippen MR) is 105 cm³/mol. The van der Waals surface area contributed by atoms with E-state index in [1.165, 1.54) is 6.08 Å². The lowest BCUT2D eigenvalue weighted by molar-refractivity contribution is -0.131. The van der Waals surface area contributed by atoms with Gasteiger partial charge in [-0.1, -0.05) is 24.3 Å². The average molecular weight is 364 g/mol. The molecule has 0 spiro atoms. The van der Waals surface area contributed by atoms with E-state index in [0.29, 0.717) is 22.5 Å². The molecule has 6 heteroatoms. The van der Waals surface area contributed by atoms with Crippen molar-refractivity contribution in [1.82, 2.24) is 0 Å². The maximum absolute atomic E-state index is 12.5. The van der Waals surface area contributed by atoms with Crippen LogP contribution in [0.25, 0.3) is 16.5 Å². The Morgan fingerprint density at radius 1 is 1.08 bits per heavy atom. The van der Waals surface area contributed by atoms with Crippen molar-refractivity contribution in [3.05, 3.63) is 77.2 Å². The third-order valence-electron chi connectivity index (χ3n) is 3.70. The van der Waals surface area contributed by atoms with E-state index in [2.05, 4.69) is 5.32 Å². The molecule has 0 fully saturated rings. The summed E-state index contributed by atoms with van der Waals surface area (Å²) in [5, 5.41) is 13.5. The highest BCUT2D eigenvalue weighted by Gasteiger charge is 2.10. The summed E-state index contributed by atoms with van der Waals surface area (Å²) in [5.41, 5.74) is 9.16. The topological polar surface area (TPSA) is 92.4 Å². The Hall–Kier alpha value is -3.38. The summed E-state index contributed by atoms with van der Waals surface area (Å²) in [7, 11) is 0. The van der Waals surface area contributed by atoms with E-state index in [9.17, 15) is 9.59 Å². The van der Waals surface area contributed by atoms with Gasteiger partial charge >= 0.3 is 5.97 Å². The normalized spacial score (nSPS) is 10.8. The van der Waals surface area contributed by atoms with Gasteiger partial charge in [-0.15, -0.1) is 11.3 Å². The molecule has 0 atom stereocenters. The van der Waals surface area contributed by atoms with Gasteiger partial charge in [0.1, 0.15) is 0 Å². The number of carbonyl (C=O) groups excluding carboxylic acids is 1. The summed E-state index contributed by atoms with van der Waals surface area (Å²) in [6.07, 6.45) is 2.51. The van der Waals surface area contributed by atoms with E-state index in [4.69, 9.17) is 10.8 Å². The lowest BCUT2D eigenvalue weighted by Gasteiger charge is -2.10. The monoisotopic (exact) mass is 364 g/mol. The Labute approximate surface area is 154 Å². The Kier molecular flexibility index (Phi) is 5.15. The Bertz CT molecular complexity index is 961. The van der Waals surface area contributed by atoms with Crippen molar-refractivity contribution in [2.24, 2.45) is 0 Å². The number of thiophene rings is 1. The molecule has 0 bridgehead atoms. The van der Waals surface area contributed by atoms with Gasteiger partial charge in [-0.05, 0) is 52.9 Å². The lowest BCUT2D eigenvalue weighted by Crippen LogP contribution is -2.13. The molecule has 2 aromatic carbocycles. The van der Waals surface area contributed by atoms with Crippen molar-refractivity contribution in [2.75, 3.05) is 11.1 Å². The highest BCUT2D eigenvalue weighted by Crippen LogP contribution is 2.30. The van der Waals surface area contributed by atoms with Gasteiger partial charge in [-0.25, -0.2) is 4.79 Å². The first-order valence-corrected chi connectivity index (χ1v) is 8.67. The van der Waals surface area contributed by atoms with E-state index >= 15 is 0 Å². The largest absolute Gasteiger partial charge is 0.478 e. The van der Waals surface area contributed by atoms with E-state index < -0.39 is 5.97 Å². The quantitative estimate of drug-likeness (QED) is 0.464. The fourth-order valence-electron chi connectivity index (χ4n) is 2.37. The number of nitrogens with one attached hydrogen (secondary N) is 1. The van der Waals surface area contributed by atoms with Crippen molar-refractivity contribution >= 4 is 40.7 Å². The third-order valence-corrected chi connectivity index (χ3v) is 4.62. The lowest BCUT2D eigenvalue weighted by atomic mass is 10.1. The highest BCUT2D eigenvalue weighted by molar-refractivity contribution is 7.13. The predicted octanol–water partition coefficient (Wildman–Crippen LogP) is 4.35. The number of anilines is 2. The van der Waals surface area contributed by atoms with Crippen LogP contribution < -0.4 is 11.1 Å². The van der Waals surface area contributed by atoms with Gasteiger partial charge in [0.25, 0.3) is 5.91 Å². The van der Waals surface area contributed by atoms with Crippen LogP contribution in [0.5, 0.6) is 0 Å². The molecule has 0 unspecified atom stereocenters. The number of aliphatic carboxylic acids is 1. The minimum absolute atomic E-state index is 0.284. The maximum Gasteiger partial charge on any atom is 0.328 e. The number of carboxylic acids is 1. The van der Waals surface area contributed by atoms with Crippen molar-refractivity contribution in [3.63, 3.8) is 0 Å². The molecule has 0 aliphatic rings. The molecule has 1 aromatic heterocycles. The zero-order valence-corrected chi connectivity index (χ0v) is 14.5. The molecular weight excluding hydrogens is 348 g/mol. The van der Waals surface area contributed by atoms with Crippen LogP contribution in [0.15, 0.2) is 66.1 Å². The summed E-state index contributed by atoms with van der Waals surface area (Å²) in [5.74, 6) is -1.30. The zero-order chi connectivity index (χ0) is 18.5. The van der Waals surface area contributed by atoms with Crippen LogP contribution in [0.1, 0.15) is 15.9 Å². The third kappa shape index (κ3) is 4.17. The minimum atomic E-state index is -1.02. The Morgan fingerprint density at radius 3 is 2.50 bits per heavy atom. The Balaban J connectivity index is 1.77. The van der Waals surface area contributed by atoms with E-state index in [0.717, 1.165) is 16.5 Å². The molecule has 1 heterocycles. The van der Waals surface area contributed by atoms with Crippen LogP contribution in [-0.4, -0.2) is 17.0 Å². The zero-order valence-electron chi connectivity index (χ0n) is 13.7. The SMILES string of the molecule is Nc1ccc(-c2cccs2)cc1NC(=O)c1ccc(C=CC(=O)O)cc1. The van der Waals surface area contributed by atoms with Crippen LogP contribution in [0.2, 0.25) is 0 Å². The molecule has 0 radical (unpaired) electrons. The fraction of sp³-hybridized carbons (Fsp3) is 0. The van der Waals surface area contributed by atoms with Gasteiger partial charge in [-0.2, -0.15) is 0 Å². The number of hydrogen-bond donors (Lipinski definition) is 3. The average Bonchev–Trinajstić information content (AvgIpc) is 3.17. The van der Waals surface area contributed by atoms with Crippen LogP contribution >= 0.6 is 11.3 Å². The first kappa shape index (κ1) is 17.4. The van der Waals surface area contributed by atoms with Crippen LogP contribution in [0.4, 0.5) is 11.4 Å². The second kappa shape index (κ2) is 7.67. The van der Waals surface area contributed by atoms with Crippen molar-refractivity contribution in [1.29, 1.82) is 0 Å². The first-order chi connectivity index (χ1) is 12.5. The molecule has 4 N–H and O–H groups in total. The molecule has 5 nitrogen and oxygen atoms in total. The number of nitrogen functional groups attached to an aromatic ring is 1. The van der Waals surface area contributed by atoms with E-state index in [1.54, 1.807) is 41.7 Å². The van der Waals surface area contributed by atoms with Gasteiger partial charge in [0, 0.05) is 16.5 Å².